The largest absolute Gasteiger partial charge is 0.497 e. The summed E-state index contributed by atoms with van der Waals surface area (Å²) in [5, 5.41) is 2.98. The van der Waals surface area contributed by atoms with Crippen molar-refractivity contribution in [3.63, 3.8) is 0 Å². The topological polar surface area (TPSA) is 129 Å². The van der Waals surface area contributed by atoms with Crippen molar-refractivity contribution in [2.45, 2.75) is 129 Å². The lowest BCUT2D eigenvalue weighted by molar-refractivity contribution is -0.165. The van der Waals surface area contributed by atoms with Crippen LogP contribution in [0.25, 0.3) is 11.0 Å². The number of aromatic nitrogens is 2. The number of amides is 2. The number of carbonyl (C=O) groups is 3. The first kappa shape index (κ1) is 33.3. The van der Waals surface area contributed by atoms with Crippen molar-refractivity contribution in [2.75, 3.05) is 13.7 Å². The maximum Gasteiger partial charge on any atom is 0.408 e. The van der Waals surface area contributed by atoms with Crippen molar-refractivity contribution >= 4 is 29.0 Å². The van der Waals surface area contributed by atoms with Gasteiger partial charge in [-0.15, -0.1) is 0 Å². The minimum atomic E-state index is -0.913. The molecule has 11 heteroatoms. The van der Waals surface area contributed by atoms with E-state index in [1.807, 2.05) is 45.9 Å². The molecule has 2 amide bonds. The van der Waals surface area contributed by atoms with Crippen LogP contribution in [0.5, 0.6) is 11.6 Å². The molecule has 2 bridgehead atoms. The van der Waals surface area contributed by atoms with Gasteiger partial charge in [0.1, 0.15) is 41.3 Å². The lowest BCUT2D eigenvalue weighted by Gasteiger charge is -2.37. The van der Waals surface area contributed by atoms with E-state index in [0.29, 0.717) is 29.5 Å². The predicted octanol–water partition coefficient (Wildman–Crippen LogP) is 5.75. The summed E-state index contributed by atoms with van der Waals surface area (Å²) >= 11 is 0. The van der Waals surface area contributed by atoms with Crippen molar-refractivity contribution in [1.29, 1.82) is 0 Å². The van der Waals surface area contributed by atoms with Crippen LogP contribution in [-0.2, 0) is 25.5 Å². The van der Waals surface area contributed by atoms with Gasteiger partial charge in [0.25, 0.3) is 0 Å². The van der Waals surface area contributed by atoms with Crippen LogP contribution < -0.4 is 14.8 Å². The Labute approximate surface area is 277 Å². The van der Waals surface area contributed by atoms with E-state index >= 15 is 0 Å². The Balaban J connectivity index is 1.39. The third-order valence-electron chi connectivity index (χ3n) is 10.5. The molecule has 6 unspecified atom stereocenters. The fourth-order valence-corrected chi connectivity index (χ4v) is 7.62. The van der Waals surface area contributed by atoms with Gasteiger partial charge in [0.05, 0.1) is 24.7 Å². The number of carbonyl (C=O) groups excluding carboxylic acids is 3. The molecule has 1 aromatic carbocycles. The summed E-state index contributed by atoms with van der Waals surface area (Å²) in [7, 11) is 1.61. The first-order valence-corrected chi connectivity index (χ1v) is 17.4. The van der Waals surface area contributed by atoms with E-state index in [1.54, 1.807) is 12.0 Å². The van der Waals surface area contributed by atoms with E-state index in [2.05, 4.69) is 12.2 Å². The second kappa shape index (κ2) is 13.1. The van der Waals surface area contributed by atoms with Gasteiger partial charge in [0.2, 0.25) is 11.8 Å². The van der Waals surface area contributed by atoms with Crippen molar-refractivity contribution in [2.24, 2.45) is 17.3 Å². The zero-order valence-electron chi connectivity index (χ0n) is 28.7. The molecule has 6 rings (SSSR count). The number of aryl methyl sites for hydroxylation is 1. The van der Waals surface area contributed by atoms with Crippen molar-refractivity contribution < 1.29 is 33.3 Å². The van der Waals surface area contributed by atoms with Gasteiger partial charge in [-0.25, -0.2) is 19.6 Å². The van der Waals surface area contributed by atoms with E-state index in [1.165, 1.54) is 0 Å². The summed E-state index contributed by atoms with van der Waals surface area (Å²) in [5.41, 5.74) is 0.915. The highest BCUT2D eigenvalue weighted by atomic mass is 16.6. The normalized spacial score (nSPS) is 29.8. The number of benzene rings is 1. The van der Waals surface area contributed by atoms with Gasteiger partial charge in [-0.1, -0.05) is 39.5 Å². The number of esters is 1. The summed E-state index contributed by atoms with van der Waals surface area (Å²) in [6, 6.07) is 3.83. The van der Waals surface area contributed by atoms with Crippen LogP contribution in [0.4, 0.5) is 4.79 Å². The second-order valence-corrected chi connectivity index (χ2v) is 15.3. The number of hydrogen-bond donors (Lipinski definition) is 1. The molecule has 0 radical (unpaired) electrons. The number of rotatable bonds is 3. The molecular formula is C36H50N4O7. The summed E-state index contributed by atoms with van der Waals surface area (Å²) in [5.74, 6) is 0.166. The van der Waals surface area contributed by atoms with Gasteiger partial charge in [0, 0.05) is 12.0 Å². The highest BCUT2D eigenvalue weighted by molar-refractivity contribution is 5.91. The molecule has 256 valence electrons. The third-order valence-corrected chi connectivity index (χ3v) is 10.5. The van der Waals surface area contributed by atoms with Crippen LogP contribution in [0.2, 0.25) is 0 Å². The van der Waals surface area contributed by atoms with Crippen LogP contribution in [0.3, 0.4) is 0 Å². The monoisotopic (exact) mass is 650 g/mol. The number of fused-ring (bicyclic) bond motifs is 5. The zero-order valence-corrected chi connectivity index (χ0v) is 28.7. The minimum absolute atomic E-state index is 0.130. The lowest BCUT2D eigenvalue weighted by atomic mass is 9.79. The highest BCUT2D eigenvalue weighted by Gasteiger charge is 2.53. The van der Waals surface area contributed by atoms with Crippen LogP contribution in [0, 0.1) is 17.3 Å². The first-order chi connectivity index (χ1) is 22.3. The van der Waals surface area contributed by atoms with Crippen molar-refractivity contribution in [1.82, 2.24) is 20.2 Å². The molecule has 6 atom stereocenters. The quantitative estimate of drug-likeness (QED) is 0.413. The molecule has 3 heterocycles. The van der Waals surface area contributed by atoms with Crippen LogP contribution in [0.15, 0.2) is 18.2 Å². The summed E-state index contributed by atoms with van der Waals surface area (Å²) < 4.78 is 23.8. The van der Waals surface area contributed by atoms with Crippen LogP contribution in [0.1, 0.15) is 98.1 Å². The van der Waals surface area contributed by atoms with Gasteiger partial charge >= 0.3 is 12.1 Å². The maximum atomic E-state index is 14.7. The number of alkyl carbamates (subject to hydrolysis) is 1. The fraction of sp³-hybridized carbons (Fsp3) is 0.694. The summed E-state index contributed by atoms with van der Waals surface area (Å²) in [6.45, 7) is 9.53. The van der Waals surface area contributed by atoms with Crippen molar-refractivity contribution in [3.8, 4) is 11.6 Å². The molecule has 1 N–H and O–H groups in total. The van der Waals surface area contributed by atoms with E-state index in [4.69, 9.17) is 28.9 Å². The number of nitrogens with zero attached hydrogens (tertiary/aromatic N) is 3. The molecule has 47 heavy (non-hydrogen) atoms. The van der Waals surface area contributed by atoms with Gasteiger partial charge in [-0.3, -0.25) is 4.79 Å². The second-order valence-electron chi connectivity index (χ2n) is 15.3. The Kier molecular flexibility index (Phi) is 9.28. The summed E-state index contributed by atoms with van der Waals surface area (Å²) in [6.07, 6.45) is 7.66. The molecule has 3 fully saturated rings. The minimum Gasteiger partial charge on any atom is -0.497 e. The molecule has 0 spiro atoms. The van der Waals surface area contributed by atoms with Gasteiger partial charge in [0.15, 0.2) is 0 Å². The number of nitrogens with one attached hydrogen (secondary N) is 1. The average molecular weight is 651 g/mol. The molecule has 1 saturated heterocycles. The molecule has 2 aliphatic heterocycles. The number of hydrogen-bond acceptors (Lipinski definition) is 9. The van der Waals surface area contributed by atoms with E-state index < -0.39 is 47.2 Å². The number of methoxy groups -OCH3 is 1. The molecule has 2 aromatic rings. The predicted molar refractivity (Wildman–Crippen MR) is 175 cm³/mol. The molecule has 1 aromatic heterocycles. The van der Waals surface area contributed by atoms with Crippen molar-refractivity contribution in [3.05, 3.63) is 23.9 Å². The molecule has 11 nitrogen and oxygen atoms in total. The van der Waals surface area contributed by atoms with Gasteiger partial charge in [-0.2, -0.15) is 0 Å². The molecule has 2 saturated carbocycles. The fourth-order valence-electron chi connectivity index (χ4n) is 7.62. The standard InChI is InChI=1S/C36H50N4O7/c1-21-28-20-40(29(21)33(42)47-35(2,3)4)32(41)30(36(5)16-10-11-17-36)39-34(43)46-27-18-22(27)12-8-7-9-13-25-31(45-28)38-26-19-23(44-6)14-15-24(26)37-25/h14-15,19,21-22,27-30H,7-13,16-18,20H2,1-6H3,(H,39,43). The Morgan fingerprint density at radius 3 is 2.51 bits per heavy atom. The van der Waals surface area contributed by atoms with E-state index in [0.717, 1.165) is 69.0 Å². The Morgan fingerprint density at radius 2 is 1.79 bits per heavy atom. The summed E-state index contributed by atoms with van der Waals surface area (Å²) in [4.78, 5) is 53.3. The first-order valence-electron chi connectivity index (χ1n) is 17.4. The maximum absolute atomic E-state index is 14.7. The third kappa shape index (κ3) is 7.28. The lowest BCUT2D eigenvalue weighted by Crippen LogP contribution is -2.58. The Hall–Kier alpha value is -3.63. The van der Waals surface area contributed by atoms with E-state index in [9.17, 15) is 14.4 Å². The highest BCUT2D eigenvalue weighted by Crippen LogP contribution is 2.43. The number of ether oxygens (including phenoxy) is 4. The molecule has 2 aliphatic carbocycles. The Bertz CT molecular complexity index is 1500. The smallest absolute Gasteiger partial charge is 0.408 e. The van der Waals surface area contributed by atoms with Gasteiger partial charge < -0.3 is 29.2 Å². The van der Waals surface area contributed by atoms with E-state index in [-0.39, 0.29) is 18.6 Å². The van der Waals surface area contributed by atoms with Crippen LogP contribution in [-0.4, -0.2) is 76.4 Å². The SMILES string of the molecule is COc1ccc2nc3c(nc2c1)OC1CN(C(=O)C(C2(C)CCCC2)NC(=O)OC2CC2CCCCC3)C(C(=O)OC(C)(C)C)C1C. The molecular weight excluding hydrogens is 600 g/mol. The molecule has 4 aliphatic rings. The van der Waals surface area contributed by atoms with Gasteiger partial charge in [-0.05, 0) is 82.8 Å². The Morgan fingerprint density at radius 1 is 1.02 bits per heavy atom. The average Bonchev–Trinajstić information content (AvgIpc) is 3.43. The van der Waals surface area contributed by atoms with Crippen LogP contribution >= 0.6 is 0 Å². The zero-order chi connectivity index (χ0) is 33.5.